The van der Waals surface area contributed by atoms with Crippen LogP contribution in [0.25, 0.3) is 10.9 Å². The lowest BCUT2D eigenvalue weighted by Gasteiger charge is -2.18. The largest absolute Gasteiger partial charge is 0.338 e. The second-order valence-electron chi connectivity index (χ2n) is 5.92. The monoisotopic (exact) mass is 301 g/mol. The van der Waals surface area contributed by atoms with Gasteiger partial charge in [-0.1, -0.05) is 0 Å². The van der Waals surface area contributed by atoms with Crippen molar-refractivity contribution in [3.05, 3.63) is 41.3 Å². The van der Waals surface area contributed by atoms with Crippen LogP contribution in [0.15, 0.2) is 24.3 Å². The molecule has 3 rings (SSSR count). The summed E-state index contributed by atoms with van der Waals surface area (Å²) in [5.41, 5.74) is 1.85. The van der Waals surface area contributed by atoms with E-state index in [2.05, 4.69) is 10.3 Å². The molecule has 1 amide bonds. The molecule has 1 N–H and O–H groups in total. The number of carbonyl (C=O) groups is 1. The van der Waals surface area contributed by atoms with Crippen LogP contribution >= 0.6 is 0 Å². The molecule has 0 aliphatic carbocycles. The molecule has 2 heterocycles. The molecule has 1 unspecified atom stereocenters. The molecule has 4 nitrogen and oxygen atoms in total. The molecule has 116 valence electrons. The fourth-order valence-corrected chi connectivity index (χ4v) is 3.10. The Labute approximate surface area is 129 Å². The summed E-state index contributed by atoms with van der Waals surface area (Å²) in [6, 6.07) is 6.29. The van der Waals surface area contributed by atoms with Crippen molar-refractivity contribution in [3.8, 4) is 0 Å². The summed E-state index contributed by atoms with van der Waals surface area (Å²) in [4.78, 5) is 19.0. The quantitative estimate of drug-likeness (QED) is 0.946. The Kier molecular flexibility index (Phi) is 4.07. The molecule has 1 aliphatic heterocycles. The van der Waals surface area contributed by atoms with Gasteiger partial charge in [0.15, 0.2) is 0 Å². The number of hydrogen-bond acceptors (Lipinski definition) is 3. The number of amides is 1. The first-order valence-corrected chi connectivity index (χ1v) is 7.59. The summed E-state index contributed by atoms with van der Waals surface area (Å²) in [7, 11) is 1.93. The number of fused-ring (bicyclic) bond motifs is 1. The Morgan fingerprint density at radius 3 is 3.05 bits per heavy atom. The van der Waals surface area contributed by atoms with Gasteiger partial charge >= 0.3 is 0 Å². The number of aryl methyl sites for hydroxylation is 1. The minimum Gasteiger partial charge on any atom is -0.338 e. The third kappa shape index (κ3) is 2.81. The van der Waals surface area contributed by atoms with E-state index in [0.29, 0.717) is 22.7 Å². The van der Waals surface area contributed by atoms with Crippen molar-refractivity contribution in [2.75, 3.05) is 26.7 Å². The number of hydrogen-bond donors (Lipinski definition) is 1. The van der Waals surface area contributed by atoms with Gasteiger partial charge < -0.3 is 10.2 Å². The van der Waals surface area contributed by atoms with E-state index in [-0.39, 0.29) is 11.7 Å². The first-order chi connectivity index (χ1) is 10.6. The second kappa shape index (κ2) is 6.01. The molecule has 1 aromatic carbocycles. The fraction of sp³-hybridized carbons (Fsp3) is 0.412. The normalized spacial score (nSPS) is 18.1. The molecule has 0 spiro atoms. The molecular formula is C17H20FN3O. The highest BCUT2D eigenvalue weighted by molar-refractivity contribution is 5.98. The number of rotatable bonds is 3. The lowest BCUT2D eigenvalue weighted by atomic mass is 10.1. The van der Waals surface area contributed by atoms with Crippen molar-refractivity contribution in [2.24, 2.45) is 5.92 Å². The minimum atomic E-state index is -0.312. The van der Waals surface area contributed by atoms with Crippen LogP contribution in [-0.4, -0.2) is 42.5 Å². The molecular weight excluding hydrogens is 281 g/mol. The van der Waals surface area contributed by atoms with Crippen LogP contribution in [0, 0.1) is 18.7 Å². The molecule has 22 heavy (non-hydrogen) atoms. The van der Waals surface area contributed by atoms with Crippen molar-refractivity contribution in [3.63, 3.8) is 0 Å². The Hall–Kier alpha value is -2.01. The van der Waals surface area contributed by atoms with Crippen LogP contribution in [0.1, 0.15) is 22.5 Å². The van der Waals surface area contributed by atoms with Crippen LogP contribution in [-0.2, 0) is 0 Å². The Bertz CT molecular complexity index is 716. The van der Waals surface area contributed by atoms with Gasteiger partial charge in [-0.2, -0.15) is 0 Å². The van der Waals surface area contributed by atoms with Crippen LogP contribution < -0.4 is 5.32 Å². The number of halogens is 1. The van der Waals surface area contributed by atoms with Gasteiger partial charge in [-0.15, -0.1) is 0 Å². The minimum absolute atomic E-state index is 0.0230. The molecule has 0 radical (unpaired) electrons. The predicted octanol–water partition coefficient (Wildman–Crippen LogP) is 2.36. The zero-order chi connectivity index (χ0) is 15.7. The van der Waals surface area contributed by atoms with Gasteiger partial charge in [0, 0.05) is 24.5 Å². The summed E-state index contributed by atoms with van der Waals surface area (Å²) >= 11 is 0. The van der Waals surface area contributed by atoms with Gasteiger partial charge in [0.2, 0.25) is 0 Å². The first kappa shape index (κ1) is 14.9. The fourth-order valence-electron chi connectivity index (χ4n) is 3.10. The highest BCUT2D eigenvalue weighted by Gasteiger charge is 2.27. The average molecular weight is 301 g/mol. The molecule has 1 aromatic heterocycles. The van der Waals surface area contributed by atoms with Crippen LogP contribution in [0.2, 0.25) is 0 Å². The number of nitrogens with one attached hydrogen (secondary N) is 1. The summed E-state index contributed by atoms with van der Waals surface area (Å²) < 4.78 is 13.3. The van der Waals surface area contributed by atoms with Gasteiger partial charge in [-0.05, 0) is 51.1 Å². The van der Waals surface area contributed by atoms with E-state index in [9.17, 15) is 9.18 Å². The maximum atomic E-state index is 13.3. The van der Waals surface area contributed by atoms with E-state index < -0.39 is 0 Å². The molecule has 0 bridgehead atoms. The third-order valence-electron chi connectivity index (χ3n) is 4.27. The lowest BCUT2D eigenvalue weighted by Crippen LogP contribution is -2.31. The Morgan fingerprint density at radius 1 is 1.45 bits per heavy atom. The smallest absolute Gasteiger partial charge is 0.255 e. The van der Waals surface area contributed by atoms with Gasteiger partial charge in [0.05, 0.1) is 16.8 Å². The van der Waals surface area contributed by atoms with Crippen LogP contribution in [0.3, 0.4) is 0 Å². The van der Waals surface area contributed by atoms with E-state index in [1.807, 2.05) is 18.0 Å². The van der Waals surface area contributed by atoms with Gasteiger partial charge in [0.25, 0.3) is 5.91 Å². The van der Waals surface area contributed by atoms with E-state index in [0.717, 1.165) is 31.4 Å². The Balaban J connectivity index is 1.88. The number of nitrogens with zero attached hydrogens (tertiary/aromatic N) is 2. The van der Waals surface area contributed by atoms with Crippen molar-refractivity contribution in [1.82, 2.24) is 15.2 Å². The van der Waals surface area contributed by atoms with Gasteiger partial charge in [-0.25, -0.2) is 4.39 Å². The Morgan fingerprint density at radius 2 is 2.27 bits per heavy atom. The first-order valence-electron chi connectivity index (χ1n) is 7.59. The molecule has 1 saturated heterocycles. The SMILES string of the molecule is CNCC1CCN(C(=O)c2cc3ccc(F)cc3nc2C)C1. The van der Waals surface area contributed by atoms with Crippen LogP contribution in [0.4, 0.5) is 4.39 Å². The van der Waals surface area contributed by atoms with Crippen LogP contribution in [0.5, 0.6) is 0 Å². The van der Waals surface area contributed by atoms with Crippen molar-refractivity contribution >= 4 is 16.8 Å². The molecule has 0 saturated carbocycles. The molecule has 1 atom stereocenters. The maximum Gasteiger partial charge on any atom is 0.255 e. The van der Waals surface area contributed by atoms with Gasteiger partial charge in [-0.3, -0.25) is 9.78 Å². The zero-order valence-electron chi connectivity index (χ0n) is 12.9. The number of aromatic nitrogens is 1. The number of likely N-dealkylation sites (tertiary alicyclic amines) is 1. The van der Waals surface area contributed by atoms with E-state index in [1.165, 1.54) is 12.1 Å². The number of benzene rings is 1. The number of carbonyl (C=O) groups excluding carboxylic acids is 1. The molecule has 1 aliphatic rings. The van der Waals surface area contributed by atoms with E-state index >= 15 is 0 Å². The predicted molar refractivity (Wildman–Crippen MR) is 84.4 cm³/mol. The number of pyridine rings is 1. The molecule has 2 aromatic rings. The third-order valence-corrected chi connectivity index (χ3v) is 4.27. The zero-order valence-corrected chi connectivity index (χ0v) is 12.9. The highest BCUT2D eigenvalue weighted by Crippen LogP contribution is 2.22. The summed E-state index contributed by atoms with van der Waals surface area (Å²) in [5, 5.41) is 3.96. The van der Waals surface area contributed by atoms with Gasteiger partial charge in [0.1, 0.15) is 5.82 Å². The maximum absolute atomic E-state index is 13.3. The summed E-state index contributed by atoms with van der Waals surface area (Å²) in [6.45, 7) is 4.30. The summed E-state index contributed by atoms with van der Waals surface area (Å²) in [6.07, 6.45) is 1.03. The van der Waals surface area contributed by atoms with Crippen molar-refractivity contribution < 1.29 is 9.18 Å². The van der Waals surface area contributed by atoms with Crippen molar-refractivity contribution in [1.29, 1.82) is 0 Å². The average Bonchev–Trinajstić information content (AvgIpc) is 2.95. The lowest BCUT2D eigenvalue weighted by molar-refractivity contribution is 0.0786. The summed E-state index contributed by atoms with van der Waals surface area (Å²) in [5.74, 6) is 0.222. The highest BCUT2D eigenvalue weighted by atomic mass is 19.1. The second-order valence-corrected chi connectivity index (χ2v) is 5.92. The molecule has 5 heteroatoms. The van der Waals surface area contributed by atoms with Crippen molar-refractivity contribution in [2.45, 2.75) is 13.3 Å². The van der Waals surface area contributed by atoms with E-state index in [1.54, 1.807) is 13.0 Å². The molecule has 1 fully saturated rings. The van der Waals surface area contributed by atoms with E-state index in [4.69, 9.17) is 0 Å². The standard InChI is InChI=1S/C17H20FN3O/c1-11-15(7-13-3-4-14(18)8-16(13)20-11)17(22)21-6-5-12(10-21)9-19-2/h3-4,7-8,12,19H,5-6,9-10H2,1-2H3. The topological polar surface area (TPSA) is 45.2 Å².